The van der Waals surface area contributed by atoms with Gasteiger partial charge in [-0.15, -0.1) is 0 Å². The normalized spacial score (nSPS) is 17.5. The van der Waals surface area contributed by atoms with Gasteiger partial charge in [0.25, 0.3) is 0 Å². The monoisotopic (exact) mass is 110 g/mol. The summed E-state index contributed by atoms with van der Waals surface area (Å²) in [5, 5.41) is 0. The summed E-state index contributed by atoms with van der Waals surface area (Å²) < 4.78 is 0.571. The number of hydrogen-bond donors (Lipinski definition) is 0. The van der Waals surface area contributed by atoms with E-state index in [0.29, 0.717) is 4.76 Å². The number of allylic oxidation sites excluding steroid dienone is 2. The first-order valence-electron chi connectivity index (χ1n) is 2.15. The maximum Gasteiger partial charge on any atom is 0.231 e. The first kappa shape index (κ1) is 4.90. The van der Waals surface area contributed by atoms with Gasteiger partial charge in [-0.1, -0.05) is 0 Å². The molecule has 0 bridgehead atoms. The highest BCUT2D eigenvalue weighted by atomic mass is 16.3. The summed E-state index contributed by atoms with van der Waals surface area (Å²) in [7, 11) is 0. The van der Waals surface area contributed by atoms with Gasteiger partial charge in [0.05, 0.1) is 16.9 Å². The number of nitroso groups, excluding NO2 is 1. The molecule has 0 unspecified atom stereocenters. The Hall–Kier alpha value is -1.25. The predicted molar refractivity (Wildman–Crippen MR) is 26.9 cm³/mol. The average Bonchev–Trinajstić information content (AvgIpc) is 1.77. The molecule has 0 fully saturated rings. The summed E-state index contributed by atoms with van der Waals surface area (Å²) in [4.78, 5) is 20.5. The smallest absolute Gasteiger partial charge is 0.231 e. The zero-order valence-electron chi connectivity index (χ0n) is 4.07. The van der Waals surface area contributed by atoms with E-state index in [-0.39, 0.29) is 5.78 Å². The van der Waals surface area contributed by atoms with Crippen molar-refractivity contribution in [3.63, 3.8) is 0 Å². The van der Waals surface area contributed by atoms with Crippen molar-refractivity contribution in [1.29, 1.82) is 0 Å². The van der Waals surface area contributed by atoms with Crippen LogP contribution in [0.25, 0.3) is 0 Å². The van der Waals surface area contributed by atoms with E-state index in [4.69, 9.17) is 0 Å². The molecule has 0 spiro atoms. The van der Waals surface area contributed by atoms with Crippen LogP contribution in [-0.4, -0.2) is 10.5 Å². The van der Waals surface area contributed by atoms with Gasteiger partial charge < -0.3 is 0 Å². The summed E-state index contributed by atoms with van der Waals surface area (Å²) in [5.74, 6) is -0.142. The van der Waals surface area contributed by atoms with Crippen LogP contribution in [0.4, 0.5) is 0 Å². The molecule has 1 aliphatic heterocycles. The number of rotatable bonds is 0. The first-order chi connectivity index (χ1) is 3.79. The summed E-state index contributed by atoms with van der Waals surface area (Å²) in [6.45, 7) is 0. The summed E-state index contributed by atoms with van der Waals surface area (Å²) in [6, 6.07) is 0. The quantitative estimate of drug-likeness (QED) is 0.422. The Morgan fingerprint density at radius 3 is 2.12 bits per heavy atom. The maximum atomic E-state index is 10.3. The van der Waals surface area contributed by atoms with E-state index in [1.165, 1.54) is 24.6 Å². The third kappa shape index (κ3) is 0.872. The van der Waals surface area contributed by atoms with Gasteiger partial charge in [0, 0.05) is 4.91 Å². The lowest BCUT2D eigenvalue weighted by Crippen LogP contribution is -1.97. The van der Waals surface area contributed by atoms with Crippen LogP contribution in [0.2, 0.25) is 0 Å². The van der Waals surface area contributed by atoms with Crippen LogP contribution in [0, 0.1) is 4.91 Å². The molecule has 0 aliphatic carbocycles. The lowest BCUT2D eigenvalue weighted by atomic mass is 10.3. The molecule has 0 amide bonds. The molecule has 0 N–H and O–H groups in total. The summed E-state index contributed by atoms with van der Waals surface area (Å²) >= 11 is 0. The Morgan fingerprint density at radius 2 is 1.75 bits per heavy atom. The van der Waals surface area contributed by atoms with Gasteiger partial charge in [0.15, 0.2) is 5.78 Å². The van der Waals surface area contributed by atoms with Gasteiger partial charge in [-0.3, -0.25) is 4.79 Å². The molecule has 0 radical (unpaired) electrons. The van der Waals surface area contributed by atoms with Crippen molar-refractivity contribution >= 4 is 5.78 Å². The highest BCUT2D eigenvalue weighted by molar-refractivity contribution is 5.99. The molecule has 0 aromatic heterocycles. The molecule has 1 rings (SSSR count). The fourth-order valence-electron chi connectivity index (χ4n) is 0.399. The highest BCUT2D eigenvalue weighted by Crippen LogP contribution is 1.90. The van der Waals surface area contributed by atoms with Crippen LogP contribution in [0.15, 0.2) is 24.6 Å². The van der Waals surface area contributed by atoms with Crippen molar-refractivity contribution in [3.8, 4) is 0 Å². The van der Waals surface area contributed by atoms with Gasteiger partial charge in [-0.05, 0) is 0 Å². The van der Waals surface area contributed by atoms with E-state index in [2.05, 4.69) is 0 Å². The van der Waals surface area contributed by atoms with Crippen molar-refractivity contribution in [1.82, 2.24) is 0 Å². The van der Waals surface area contributed by atoms with Crippen LogP contribution < -0.4 is 0 Å². The lowest BCUT2D eigenvalue weighted by Gasteiger charge is -1.80. The Bertz CT molecular complexity index is 153. The molecule has 1 heterocycles. The average molecular weight is 110 g/mol. The first-order valence-corrected chi connectivity index (χ1v) is 2.15. The minimum absolute atomic E-state index is 0.142. The molecule has 0 saturated heterocycles. The predicted octanol–water partition coefficient (Wildman–Crippen LogP) is 0.375. The number of nitrogens with zero attached hydrogens (tertiary/aromatic N) is 1. The van der Waals surface area contributed by atoms with Gasteiger partial charge >= 0.3 is 0 Å². The second-order valence-corrected chi connectivity index (χ2v) is 1.39. The van der Waals surface area contributed by atoms with E-state index in [1.807, 2.05) is 0 Å². The third-order valence-corrected chi connectivity index (χ3v) is 0.771. The Morgan fingerprint density at radius 1 is 1.25 bits per heavy atom. The molecule has 0 aromatic carbocycles. The van der Waals surface area contributed by atoms with Crippen LogP contribution in [-0.2, 0) is 4.79 Å². The van der Waals surface area contributed by atoms with E-state index in [9.17, 15) is 9.70 Å². The maximum absolute atomic E-state index is 10.3. The molecule has 1 aliphatic rings. The van der Waals surface area contributed by atoms with Crippen molar-refractivity contribution in [2.75, 3.05) is 0 Å². The number of hydrogen-bond acceptors (Lipinski definition) is 2. The van der Waals surface area contributed by atoms with Crippen LogP contribution in [0.5, 0.6) is 0 Å². The molecule has 0 aromatic rings. The van der Waals surface area contributed by atoms with Crippen molar-refractivity contribution in [2.24, 2.45) is 0 Å². The molecule has 3 heteroatoms. The zero-order valence-corrected chi connectivity index (χ0v) is 4.07. The second-order valence-electron chi connectivity index (χ2n) is 1.39. The highest BCUT2D eigenvalue weighted by Gasteiger charge is 2.05. The molecular formula is C5H4NO2+. The van der Waals surface area contributed by atoms with Crippen molar-refractivity contribution in [2.45, 2.75) is 0 Å². The van der Waals surface area contributed by atoms with Gasteiger partial charge in [-0.25, -0.2) is 0 Å². The van der Waals surface area contributed by atoms with Gasteiger partial charge in [0.2, 0.25) is 12.4 Å². The second kappa shape index (κ2) is 1.69. The van der Waals surface area contributed by atoms with Crippen molar-refractivity contribution in [3.05, 3.63) is 29.5 Å². The standard InChI is InChI=1S/C5H4NO2/c7-5-1-3-6(8)4-2-5/h1-4H/q+1. The molecule has 0 saturated carbocycles. The molecule has 40 valence electrons. The van der Waals surface area contributed by atoms with Crippen LogP contribution in [0.1, 0.15) is 0 Å². The SMILES string of the molecule is O=C1C=C[N+](=O)C=C1. The fourth-order valence-corrected chi connectivity index (χ4v) is 0.399. The third-order valence-electron chi connectivity index (χ3n) is 0.771. The van der Waals surface area contributed by atoms with E-state index < -0.39 is 0 Å². The Kier molecular flexibility index (Phi) is 1.04. The number of carbonyl (C=O) groups excluding carboxylic acids is 1. The fraction of sp³-hybridized carbons (Fsp3) is 0. The van der Waals surface area contributed by atoms with Gasteiger partial charge in [-0.2, -0.15) is 0 Å². The molecule has 0 atom stereocenters. The minimum Gasteiger partial charge on any atom is -0.289 e. The molecule has 3 nitrogen and oxygen atoms in total. The molecule has 8 heavy (non-hydrogen) atoms. The number of ketones is 1. The largest absolute Gasteiger partial charge is 0.289 e. The van der Waals surface area contributed by atoms with E-state index in [0.717, 1.165) is 0 Å². The van der Waals surface area contributed by atoms with E-state index >= 15 is 0 Å². The number of carbonyl (C=O) groups is 1. The van der Waals surface area contributed by atoms with Crippen LogP contribution in [0.3, 0.4) is 0 Å². The minimum atomic E-state index is -0.142. The summed E-state index contributed by atoms with van der Waals surface area (Å²) in [5.41, 5.74) is 0. The van der Waals surface area contributed by atoms with Crippen molar-refractivity contribution < 1.29 is 9.55 Å². The molecular weight excluding hydrogens is 106 g/mol. The van der Waals surface area contributed by atoms with Crippen LogP contribution >= 0.6 is 0 Å². The summed E-state index contributed by atoms with van der Waals surface area (Å²) in [6.07, 6.45) is 4.77. The Labute approximate surface area is 45.9 Å². The zero-order chi connectivity index (χ0) is 5.98. The van der Waals surface area contributed by atoms with E-state index in [1.54, 1.807) is 0 Å². The lowest BCUT2D eigenvalue weighted by molar-refractivity contribution is -0.402. The van der Waals surface area contributed by atoms with Gasteiger partial charge in [0.1, 0.15) is 0 Å². The topological polar surface area (TPSA) is 37.1 Å². The Balaban J connectivity index is 2.83.